The summed E-state index contributed by atoms with van der Waals surface area (Å²) in [6.45, 7) is 1.75. The number of hydrogen-bond acceptors (Lipinski definition) is 3. The van der Waals surface area contributed by atoms with E-state index in [0.29, 0.717) is 0 Å². The van der Waals surface area contributed by atoms with Gasteiger partial charge in [-0.25, -0.2) is 4.57 Å². The van der Waals surface area contributed by atoms with Crippen molar-refractivity contribution in [1.82, 2.24) is 0 Å². The summed E-state index contributed by atoms with van der Waals surface area (Å²) in [6, 6.07) is 9.31. The lowest BCUT2D eigenvalue weighted by Gasteiger charge is -2.07. The minimum atomic E-state index is -3.92. The lowest BCUT2D eigenvalue weighted by atomic mass is 10.2. The van der Waals surface area contributed by atoms with Crippen LogP contribution in [0.1, 0.15) is 12.5 Å². The molecule has 0 saturated heterocycles. The van der Waals surface area contributed by atoms with Gasteiger partial charge in [0.05, 0.1) is 12.9 Å². The van der Waals surface area contributed by atoms with Gasteiger partial charge in [-0.2, -0.15) is 0 Å². The molecule has 0 aromatic heterocycles. The van der Waals surface area contributed by atoms with E-state index in [4.69, 9.17) is 4.89 Å². The first kappa shape index (κ1) is 12.0. The molecule has 0 spiro atoms. The van der Waals surface area contributed by atoms with Crippen LogP contribution in [0.3, 0.4) is 0 Å². The smallest absolute Gasteiger partial charge is 0.412 e. The first-order valence-electron chi connectivity index (χ1n) is 4.51. The number of rotatable bonds is 5. The van der Waals surface area contributed by atoms with Crippen LogP contribution in [0.15, 0.2) is 36.6 Å². The average molecular weight is 228 g/mol. The molecule has 0 bridgehead atoms. The van der Waals surface area contributed by atoms with E-state index in [-0.39, 0.29) is 6.61 Å². The molecular formula is C10H13O4P. The maximum Gasteiger partial charge on any atom is 0.526 e. The van der Waals surface area contributed by atoms with E-state index in [0.717, 1.165) is 11.8 Å². The van der Waals surface area contributed by atoms with Gasteiger partial charge in [0, 0.05) is 0 Å². The molecule has 0 heterocycles. The van der Waals surface area contributed by atoms with Crippen molar-refractivity contribution in [1.29, 1.82) is 0 Å². The standard InChI is InChI=1S/C10H13O4P/c1-2-13-15(11,12)14-9-8-10-6-4-3-5-7-10/h3-9H,2H2,1H3,(H,11,12). The normalized spacial score (nSPS) is 15.1. The molecule has 1 atom stereocenters. The van der Waals surface area contributed by atoms with E-state index in [1.54, 1.807) is 13.0 Å². The molecule has 82 valence electrons. The molecular weight excluding hydrogens is 215 g/mol. The summed E-state index contributed by atoms with van der Waals surface area (Å²) in [5.74, 6) is 0. The van der Waals surface area contributed by atoms with E-state index in [1.807, 2.05) is 30.3 Å². The van der Waals surface area contributed by atoms with Gasteiger partial charge in [-0.1, -0.05) is 30.3 Å². The van der Waals surface area contributed by atoms with E-state index in [2.05, 4.69) is 9.05 Å². The third-order valence-corrected chi connectivity index (χ3v) is 2.52. The molecule has 5 heteroatoms. The molecule has 4 nitrogen and oxygen atoms in total. The highest BCUT2D eigenvalue weighted by Gasteiger charge is 2.18. The van der Waals surface area contributed by atoms with Crippen molar-refractivity contribution in [3.8, 4) is 0 Å². The molecule has 0 aliphatic heterocycles. The molecule has 0 radical (unpaired) electrons. The monoisotopic (exact) mass is 228 g/mol. The maximum atomic E-state index is 11.1. The summed E-state index contributed by atoms with van der Waals surface area (Å²) in [6.07, 6.45) is 2.74. The highest BCUT2D eigenvalue weighted by molar-refractivity contribution is 7.47. The van der Waals surface area contributed by atoms with E-state index in [9.17, 15) is 4.57 Å². The Kier molecular flexibility index (Phi) is 4.56. The van der Waals surface area contributed by atoms with E-state index in [1.165, 1.54) is 0 Å². The summed E-state index contributed by atoms with van der Waals surface area (Å²) < 4.78 is 20.2. The third kappa shape index (κ3) is 4.79. The van der Waals surface area contributed by atoms with Crippen LogP contribution >= 0.6 is 7.82 Å². The largest absolute Gasteiger partial charge is 0.526 e. The van der Waals surface area contributed by atoms with Gasteiger partial charge in [-0.15, -0.1) is 0 Å². The minimum absolute atomic E-state index is 0.132. The lowest BCUT2D eigenvalue weighted by Crippen LogP contribution is -1.89. The Balaban J connectivity index is 2.50. The van der Waals surface area contributed by atoms with Gasteiger partial charge >= 0.3 is 7.82 Å². The zero-order chi connectivity index (χ0) is 11.1. The topological polar surface area (TPSA) is 55.8 Å². The van der Waals surface area contributed by atoms with Crippen LogP contribution in [0.2, 0.25) is 0 Å². The molecule has 1 rings (SSSR count). The summed E-state index contributed by atoms with van der Waals surface area (Å²) in [5, 5.41) is 0. The van der Waals surface area contributed by atoms with Gasteiger partial charge in [0.25, 0.3) is 0 Å². The Hall–Kier alpha value is -1.09. The maximum absolute atomic E-state index is 11.1. The van der Waals surface area contributed by atoms with E-state index < -0.39 is 7.82 Å². The molecule has 0 aliphatic rings. The van der Waals surface area contributed by atoms with Crippen molar-refractivity contribution >= 4 is 13.9 Å². The first-order valence-corrected chi connectivity index (χ1v) is 6.01. The van der Waals surface area contributed by atoms with Gasteiger partial charge in [-0.05, 0) is 18.6 Å². The second kappa shape index (κ2) is 5.71. The van der Waals surface area contributed by atoms with Gasteiger partial charge in [0.1, 0.15) is 0 Å². The molecule has 1 unspecified atom stereocenters. The van der Waals surface area contributed by atoms with Crippen LogP contribution < -0.4 is 0 Å². The van der Waals surface area contributed by atoms with Crippen molar-refractivity contribution in [2.75, 3.05) is 6.61 Å². The minimum Gasteiger partial charge on any atom is -0.412 e. The number of benzene rings is 1. The van der Waals surface area contributed by atoms with E-state index >= 15 is 0 Å². The zero-order valence-corrected chi connectivity index (χ0v) is 9.26. The molecule has 0 amide bonds. The number of phosphoric acid groups is 1. The van der Waals surface area contributed by atoms with Crippen molar-refractivity contribution < 1.29 is 18.5 Å². The summed E-state index contributed by atoms with van der Waals surface area (Å²) >= 11 is 0. The van der Waals surface area contributed by atoms with Crippen LogP contribution in [-0.2, 0) is 13.6 Å². The first-order chi connectivity index (χ1) is 7.14. The Morgan fingerprint density at radius 2 is 2.07 bits per heavy atom. The second-order valence-corrected chi connectivity index (χ2v) is 4.11. The quantitative estimate of drug-likeness (QED) is 0.621. The Bertz CT molecular complexity index is 361. The van der Waals surface area contributed by atoms with Crippen LogP contribution in [-0.4, -0.2) is 11.5 Å². The molecule has 0 aliphatic carbocycles. The van der Waals surface area contributed by atoms with Crippen LogP contribution in [0.5, 0.6) is 0 Å². The van der Waals surface area contributed by atoms with Crippen molar-refractivity contribution in [3.05, 3.63) is 42.2 Å². The predicted molar refractivity (Wildman–Crippen MR) is 58.0 cm³/mol. The Labute approximate surface area is 88.8 Å². The van der Waals surface area contributed by atoms with Gasteiger partial charge in [-0.3, -0.25) is 9.42 Å². The van der Waals surface area contributed by atoms with Gasteiger partial charge in [0.2, 0.25) is 0 Å². The molecule has 0 fully saturated rings. The third-order valence-electron chi connectivity index (χ3n) is 1.55. The SMILES string of the molecule is CCOP(=O)(O)OC=Cc1ccccc1. The predicted octanol–water partition coefficient (Wildman–Crippen LogP) is 2.81. The molecule has 1 aromatic carbocycles. The Morgan fingerprint density at radius 1 is 1.40 bits per heavy atom. The van der Waals surface area contributed by atoms with Crippen molar-refractivity contribution in [3.63, 3.8) is 0 Å². The summed E-state index contributed by atoms with van der Waals surface area (Å²) in [4.78, 5) is 9.05. The van der Waals surface area contributed by atoms with Crippen molar-refractivity contribution in [2.24, 2.45) is 0 Å². The van der Waals surface area contributed by atoms with Crippen LogP contribution in [0.4, 0.5) is 0 Å². The molecule has 1 N–H and O–H groups in total. The average Bonchev–Trinajstić information content (AvgIpc) is 2.19. The number of phosphoric ester groups is 1. The summed E-state index contributed by atoms with van der Waals surface area (Å²) in [7, 11) is -3.92. The fourth-order valence-corrected chi connectivity index (χ4v) is 1.55. The number of hydrogen-bond donors (Lipinski definition) is 1. The lowest BCUT2D eigenvalue weighted by molar-refractivity contribution is 0.197. The highest BCUT2D eigenvalue weighted by Crippen LogP contribution is 2.43. The fraction of sp³-hybridized carbons (Fsp3) is 0.200. The van der Waals surface area contributed by atoms with Crippen molar-refractivity contribution in [2.45, 2.75) is 6.92 Å². The fourth-order valence-electron chi connectivity index (χ4n) is 0.944. The summed E-state index contributed by atoms with van der Waals surface area (Å²) in [5.41, 5.74) is 0.883. The zero-order valence-electron chi connectivity index (χ0n) is 8.37. The van der Waals surface area contributed by atoms with Gasteiger partial charge in [0.15, 0.2) is 0 Å². The molecule has 15 heavy (non-hydrogen) atoms. The van der Waals surface area contributed by atoms with Crippen LogP contribution in [0, 0.1) is 0 Å². The Morgan fingerprint density at radius 3 is 2.67 bits per heavy atom. The highest BCUT2D eigenvalue weighted by atomic mass is 31.2. The van der Waals surface area contributed by atoms with Gasteiger partial charge < -0.3 is 4.52 Å². The van der Waals surface area contributed by atoms with Crippen LogP contribution in [0.25, 0.3) is 6.08 Å². The molecule has 1 aromatic rings. The molecule has 0 saturated carbocycles. The second-order valence-electron chi connectivity index (χ2n) is 2.71.